The van der Waals surface area contributed by atoms with Crippen LogP contribution in [-0.2, 0) is 4.79 Å². The number of amides is 3. The van der Waals surface area contributed by atoms with Crippen molar-refractivity contribution in [3.8, 4) is 0 Å². The van der Waals surface area contributed by atoms with Gasteiger partial charge in [0.2, 0.25) is 0 Å². The van der Waals surface area contributed by atoms with Crippen molar-refractivity contribution < 1.29 is 18.9 Å². The molecule has 26 heavy (non-hydrogen) atoms. The van der Waals surface area contributed by atoms with Crippen molar-refractivity contribution in [3.63, 3.8) is 0 Å². The number of hydrogen-bond acceptors (Lipinski definition) is 2. The highest BCUT2D eigenvalue weighted by Crippen LogP contribution is 2.35. The van der Waals surface area contributed by atoms with Crippen molar-refractivity contribution >= 4 is 11.9 Å². The van der Waals surface area contributed by atoms with Gasteiger partial charge in [-0.15, -0.1) is 0 Å². The summed E-state index contributed by atoms with van der Waals surface area (Å²) in [6.07, 6.45) is 0. The van der Waals surface area contributed by atoms with Crippen LogP contribution in [-0.4, -0.2) is 61.5 Å². The van der Waals surface area contributed by atoms with Crippen LogP contribution >= 0.6 is 0 Å². The maximum Gasteiger partial charge on any atom is 0.322 e. The Morgan fingerprint density at radius 1 is 1.19 bits per heavy atom. The molecule has 0 saturated carbocycles. The van der Waals surface area contributed by atoms with E-state index in [9.17, 15) is 14.0 Å². The van der Waals surface area contributed by atoms with Crippen molar-refractivity contribution in [2.75, 3.05) is 39.8 Å². The van der Waals surface area contributed by atoms with Crippen molar-refractivity contribution in [1.29, 1.82) is 0 Å². The van der Waals surface area contributed by atoms with Gasteiger partial charge in [0.15, 0.2) is 0 Å². The molecule has 0 aliphatic carbocycles. The topological polar surface area (TPSA) is 57.1 Å². The number of likely N-dealkylation sites (N-methyl/N-ethyl adjacent to an activating group) is 2. The van der Waals surface area contributed by atoms with Gasteiger partial charge in [0, 0.05) is 7.05 Å². The first-order valence-electron chi connectivity index (χ1n) is 9.11. The lowest BCUT2D eigenvalue weighted by atomic mass is 9.96. The number of carbonyl (C=O) groups is 2. The SMILES string of the molecule is CC[NH+](CC)CCN1CC2=C(C1=O)[C@@H](c1ccc(F)cc1)NC(=O)N2C. The molecule has 1 aromatic rings. The van der Waals surface area contributed by atoms with Crippen LogP contribution < -0.4 is 10.2 Å². The molecule has 0 bridgehead atoms. The normalized spacial score (nSPS) is 20.1. The molecule has 1 atom stereocenters. The summed E-state index contributed by atoms with van der Waals surface area (Å²) in [6, 6.07) is 5.15. The standard InChI is InChI=1S/C19H25FN4O2/c1-4-23(5-2)10-11-24-12-15-16(18(24)25)17(21-19(26)22(15)3)13-6-8-14(20)9-7-13/h6-9,17H,4-5,10-12H2,1-3H3,(H,21,26)/p+1/t17-/m1/s1. The largest absolute Gasteiger partial charge is 0.334 e. The number of urea groups is 1. The van der Waals surface area contributed by atoms with E-state index in [-0.39, 0.29) is 17.8 Å². The highest BCUT2D eigenvalue weighted by atomic mass is 19.1. The molecular weight excluding hydrogens is 335 g/mol. The van der Waals surface area contributed by atoms with Crippen LogP contribution in [0.3, 0.4) is 0 Å². The van der Waals surface area contributed by atoms with Gasteiger partial charge in [-0.3, -0.25) is 9.69 Å². The van der Waals surface area contributed by atoms with Crippen molar-refractivity contribution in [1.82, 2.24) is 15.1 Å². The molecule has 0 spiro atoms. The number of quaternary nitrogens is 1. The first kappa shape index (κ1) is 18.4. The Balaban J connectivity index is 1.85. The van der Waals surface area contributed by atoms with Crippen LogP contribution in [0.25, 0.3) is 0 Å². The molecule has 0 radical (unpaired) electrons. The van der Waals surface area contributed by atoms with E-state index < -0.39 is 6.04 Å². The lowest BCUT2D eigenvalue weighted by molar-refractivity contribution is -0.895. The second-order valence-corrected chi connectivity index (χ2v) is 6.79. The number of benzene rings is 1. The molecule has 2 aliphatic heterocycles. The Bertz CT molecular complexity index is 728. The van der Waals surface area contributed by atoms with Gasteiger partial charge < -0.3 is 15.1 Å². The van der Waals surface area contributed by atoms with E-state index in [2.05, 4.69) is 19.2 Å². The lowest BCUT2D eigenvalue weighted by Gasteiger charge is -2.31. The highest BCUT2D eigenvalue weighted by Gasteiger charge is 2.42. The van der Waals surface area contributed by atoms with Gasteiger partial charge in [-0.05, 0) is 31.5 Å². The quantitative estimate of drug-likeness (QED) is 0.777. The molecule has 0 fully saturated rings. The second kappa shape index (κ2) is 7.45. The van der Waals surface area contributed by atoms with E-state index in [0.29, 0.717) is 24.2 Å². The van der Waals surface area contributed by atoms with Crippen LogP contribution in [0.1, 0.15) is 25.5 Å². The summed E-state index contributed by atoms with van der Waals surface area (Å²) in [5, 5.41) is 2.87. The molecule has 7 heteroatoms. The number of carbonyl (C=O) groups excluding carboxylic acids is 2. The molecule has 2 aliphatic rings. The monoisotopic (exact) mass is 361 g/mol. The molecule has 6 nitrogen and oxygen atoms in total. The number of hydrogen-bond donors (Lipinski definition) is 2. The Labute approximate surface area is 153 Å². The average molecular weight is 361 g/mol. The van der Waals surface area contributed by atoms with Crippen LogP contribution in [0.4, 0.5) is 9.18 Å². The van der Waals surface area contributed by atoms with E-state index in [1.807, 2.05) is 4.90 Å². The van der Waals surface area contributed by atoms with Crippen LogP contribution in [0, 0.1) is 5.82 Å². The zero-order chi connectivity index (χ0) is 18.8. The third-order valence-electron chi connectivity index (χ3n) is 5.37. The van der Waals surface area contributed by atoms with Crippen molar-refractivity contribution in [3.05, 3.63) is 46.9 Å². The second-order valence-electron chi connectivity index (χ2n) is 6.79. The number of nitrogens with one attached hydrogen (secondary N) is 2. The van der Waals surface area contributed by atoms with E-state index in [1.165, 1.54) is 21.9 Å². The summed E-state index contributed by atoms with van der Waals surface area (Å²) >= 11 is 0. The van der Waals surface area contributed by atoms with E-state index in [4.69, 9.17) is 0 Å². The van der Waals surface area contributed by atoms with Crippen molar-refractivity contribution in [2.45, 2.75) is 19.9 Å². The van der Waals surface area contributed by atoms with E-state index in [1.54, 1.807) is 19.2 Å². The van der Waals surface area contributed by atoms with Gasteiger partial charge in [0.25, 0.3) is 5.91 Å². The minimum absolute atomic E-state index is 0.0484. The molecule has 3 amide bonds. The fourth-order valence-corrected chi connectivity index (χ4v) is 3.61. The maximum absolute atomic E-state index is 13.3. The highest BCUT2D eigenvalue weighted by molar-refractivity contribution is 6.01. The summed E-state index contributed by atoms with van der Waals surface area (Å²) in [7, 11) is 1.68. The number of nitrogens with zero attached hydrogens (tertiary/aromatic N) is 2. The predicted molar refractivity (Wildman–Crippen MR) is 96.0 cm³/mol. The summed E-state index contributed by atoms with van der Waals surface area (Å²) in [5.74, 6) is -0.392. The third kappa shape index (κ3) is 3.31. The molecule has 1 aromatic carbocycles. The van der Waals surface area contributed by atoms with Gasteiger partial charge in [-0.25, -0.2) is 9.18 Å². The van der Waals surface area contributed by atoms with Crippen LogP contribution in [0.15, 0.2) is 35.5 Å². The van der Waals surface area contributed by atoms with Gasteiger partial charge >= 0.3 is 6.03 Å². The fourth-order valence-electron chi connectivity index (χ4n) is 3.61. The molecule has 0 aromatic heterocycles. The molecule has 2 N–H and O–H groups in total. The van der Waals surface area contributed by atoms with E-state index >= 15 is 0 Å². The number of halogens is 1. The molecule has 3 rings (SSSR count). The van der Waals surface area contributed by atoms with Gasteiger partial charge in [-0.2, -0.15) is 0 Å². The first-order chi connectivity index (χ1) is 12.5. The van der Waals surface area contributed by atoms with Gasteiger partial charge in [-0.1, -0.05) is 12.1 Å². The molecule has 2 heterocycles. The molecule has 0 saturated heterocycles. The predicted octanol–water partition coefficient (Wildman–Crippen LogP) is 0.543. The first-order valence-corrected chi connectivity index (χ1v) is 9.11. The van der Waals surface area contributed by atoms with Crippen LogP contribution in [0.2, 0.25) is 0 Å². The summed E-state index contributed by atoms with van der Waals surface area (Å²) < 4.78 is 13.3. The Morgan fingerprint density at radius 2 is 1.85 bits per heavy atom. The third-order valence-corrected chi connectivity index (χ3v) is 5.37. The summed E-state index contributed by atoms with van der Waals surface area (Å²) in [5.41, 5.74) is 2.04. The minimum Gasteiger partial charge on any atom is -0.334 e. The van der Waals surface area contributed by atoms with Crippen LogP contribution in [0.5, 0.6) is 0 Å². The molecular formula is C19H26FN4O2+. The average Bonchev–Trinajstić information content (AvgIpc) is 2.97. The Morgan fingerprint density at radius 3 is 2.46 bits per heavy atom. The lowest BCUT2D eigenvalue weighted by Crippen LogP contribution is -3.12. The van der Waals surface area contributed by atoms with E-state index in [0.717, 1.165) is 25.3 Å². The number of rotatable bonds is 6. The molecule has 140 valence electrons. The molecule has 0 unspecified atom stereocenters. The van der Waals surface area contributed by atoms with Crippen molar-refractivity contribution in [2.24, 2.45) is 0 Å². The smallest absolute Gasteiger partial charge is 0.322 e. The Hall–Kier alpha value is -2.41. The van der Waals surface area contributed by atoms with Gasteiger partial charge in [0.05, 0.1) is 50.0 Å². The minimum atomic E-state index is -0.535. The van der Waals surface area contributed by atoms with Gasteiger partial charge in [0.1, 0.15) is 5.82 Å². The summed E-state index contributed by atoms with van der Waals surface area (Å²) in [4.78, 5) is 30.1. The summed E-state index contributed by atoms with van der Waals surface area (Å²) in [6.45, 7) is 8.28. The maximum atomic E-state index is 13.3. The zero-order valence-corrected chi connectivity index (χ0v) is 15.5. The Kier molecular flexibility index (Phi) is 5.27. The zero-order valence-electron chi connectivity index (χ0n) is 15.5. The fraction of sp³-hybridized carbons (Fsp3) is 0.474.